The van der Waals surface area contributed by atoms with E-state index in [4.69, 9.17) is 5.26 Å². The maximum atomic E-state index is 13.2. The minimum absolute atomic E-state index is 0.224. The highest BCUT2D eigenvalue weighted by Gasteiger charge is 2.35. The van der Waals surface area contributed by atoms with Crippen molar-refractivity contribution in [2.75, 3.05) is 5.32 Å². The van der Waals surface area contributed by atoms with Gasteiger partial charge in [-0.05, 0) is 29.8 Å². The molecule has 0 spiro atoms. The van der Waals surface area contributed by atoms with Crippen molar-refractivity contribution >= 4 is 29.0 Å². The molecule has 0 bridgehead atoms. The number of hydrogen-bond donors (Lipinski definition) is 1. The number of nitrogens with one attached hydrogen (secondary N) is 1. The SMILES string of the molecule is N#C/C(=C/c1ccc([N+](=O)[O-])cc1)C(=O)Nc1ccc([N+](=O)[O-])cc1C(F)(F)F. The molecule has 0 aromatic heterocycles. The molecule has 1 amide bonds. The van der Waals surface area contributed by atoms with Gasteiger partial charge in [-0.3, -0.25) is 25.0 Å². The third kappa shape index (κ3) is 5.13. The van der Waals surface area contributed by atoms with Gasteiger partial charge in [-0.2, -0.15) is 18.4 Å². The number of carbonyl (C=O) groups is 1. The van der Waals surface area contributed by atoms with E-state index in [-0.39, 0.29) is 17.3 Å². The van der Waals surface area contributed by atoms with Crippen molar-refractivity contribution < 1.29 is 27.8 Å². The smallest absolute Gasteiger partial charge is 0.321 e. The molecule has 29 heavy (non-hydrogen) atoms. The van der Waals surface area contributed by atoms with Gasteiger partial charge in [0, 0.05) is 24.3 Å². The molecule has 2 aromatic rings. The van der Waals surface area contributed by atoms with Crippen LogP contribution in [0.1, 0.15) is 11.1 Å². The lowest BCUT2D eigenvalue weighted by molar-refractivity contribution is -0.385. The number of nitro groups is 2. The van der Waals surface area contributed by atoms with Gasteiger partial charge >= 0.3 is 6.18 Å². The van der Waals surface area contributed by atoms with E-state index in [2.05, 4.69) is 0 Å². The first-order valence-corrected chi connectivity index (χ1v) is 7.56. The number of non-ortho nitro benzene ring substituents is 2. The van der Waals surface area contributed by atoms with E-state index in [0.29, 0.717) is 6.07 Å². The van der Waals surface area contributed by atoms with E-state index in [1.807, 2.05) is 5.32 Å². The molecule has 0 atom stereocenters. The number of rotatable bonds is 5. The van der Waals surface area contributed by atoms with Gasteiger partial charge < -0.3 is 5.32 Å². The number of nitriles is 1. The molecule has 0 aliphatic carbocycles. The number of carbonyl (C=O) groups excluding carboxylic acids is 1. The number of hydrogen-bond acceptors (Lipinski definition) is 6. The summed E-state index contributed by atoms with van der Waals surface area (Å²) in [5, 5.41) is 32.3. The second-order valence-corrected chi connectivity index (χ2v) is 5.46. The molecule has 1 N–H and O–H groups in total. The molecule has 148 valence electrons. The normalized spacial score (nSPS) is 11.4. The number of halogens is 3. The molecular weight excluding hydrogens is 397 g/mol. The summed E-state index contributed by atoms with van der Waals surface area (Å²) in [7, 11) is 0. The Hall–Kier alpha value is -4.27. The number of alkyl halides is 3. The second kappa shape index (κ2) is 8.17. The molecule has 0 saturated carbocycles. The lowest BCUT2D eigenvalue weighted by atomic mass is 10.1. The van der Waals surface area contributed by atoms with Crippen molar-refractivity contribution in [1.29, 1.82) is 5.26 Å². The van der Waals surface area contributed by atoms with Crippen LogP contribution in [-0.2, 0) is 11.0 Å². The highest BCUT2D eigenvalue weighted by atomic mass is 19.4. The van der Waals surface area contributed by atoms with E-state index in [1.54, 1.807) is 0 Å². The number of amides is 1. The van der Waals surface area contributed by atoms with E-state index in [9.17, 15) is 38.2 Å². The van der Waals surface area contributed by atoms with Crippen LogP contribution < -0.4 is 5.32 Å². The molecule has 2 aromatic carbocycles. The summed E-state index contributed by atoms with van der Waals surface area (Å²) >= 11 is 0. The zero-order valence-electron chi connectivity index (χ0n) is 14.1. The Bertz CT molecular complexity index is 1060. The van der Waals surface area contributed by atoms with Crippen molar-refractivity contribution in [1.82, 2.24) is 0 Å². The standard InChI is InChI=1S/C17H9F3N4O5/c18-17(19,20)14-8-13(24(28)29)5-6-15(14)22-16(25)11(9-21)7-10-1-3-12(4-2-10)23(26)27/h1-8H,(H,22,25)/b11-7-. The van der Waals surface area contributed by atoms with E-state index in [1.165, 1.54) is 18.2 Å². The lowest BCUT2D eigenvalue weighted by Gasteiger charge is -2.13. The summed E-state index contributed by atoms with van der Waals surface area (Å²) in [6.45, 7) is 0. The quantitative estimate of drug-likeness (QED) is 0.344. The van der Waals surface area contributed by atoms with Crippen molar-refractivity contribution in [3.05, 3.63) is 79.4 Å². The summed E-state index contributed by atoms with van der Waals surface area (Å²) in [5.74, 6) is -1.19. The summed E-state index contributed by atoms with van der Waals surface area (Å²) in [6.07, 6.45) is -3.97. The predicted molar refractivity (Wildman–Crippen MR) is 93.4 cm³/mol. The van der Waals surface area contributed by atoms with Gasteiger partial charge in [0.05, 0.1) is 21.1 Å². The summed E-state index contributed by atoms with van der Waals surface area (Å²) in [5.41, 5.74) is -3.62. The third-order valence-electron chi connectivity index (χ3n) is 3.55. The molecule has 0 heterocycles. The minimum Gasteiger partial charge on any atom is -0.321 e. The molecule has 0 unspecified atom stereocenters. The first-order chi connectivity index (χ1) is 13.5. The third-order valence-corrected chi connectivity index (χ3v) is 3.55. The predicted octanol–water partition coefficient (Wildman–Crippen LogP) is 4.07. The van der Waals surface area contributed by atoms with Crippen LogP contribution in [0.15, 0.2) is 48.0 Å². The van der Waals surface area contributed by atoms with Gasteiger partial charge in [-0.25, -0.2) is 0 Å². The Kier molecular flexibility index (Phi) is 5.93. The number of nitrogens with zero attached hydrogens (tertiary/aromatic N) is 3. The lowest BCUT2D eigenvalue weighted by Crippen LogP contribution is -2.18. The van der Waals surface area contributed by atoms with Gasteiger partial charge in [0.1, 0.15) is 11.6 Å². The van der Waals surface area contributed by atoms with Gasteiger partial charge in [-0.15, -0.1) is 0 Å². The average molecular weight is 406 g/mol. The van der Waals surface area contributed by atoms with Crippen molar-refractivity contribution in [3.63, 3.8) is 0 Å². The van der Waals surface area contributed by atoms with Gasteiger partial charge in [0.25, 0.3) is 17.3 Å². The molecule has 0 radical (unpaired) electrons. The number of nitro benzene ring substituents is 2. The second-order valence-electron chi connectivity index (χ2n) is 5.46. The molecule has 0 aliphatic rings. The molecule has 12 heteroatoms. The Balaban J connectivity index is 2.35. The van der Waals surface area contributed by atoms with E-state index < -0.39 is 44.4 Å². The van der Waals surface area contributed by atoms with Crippen LogP contribution in [0, 0.1) is 31.6 Å². The fraction of sp³-hybridized carbons (Fsp3) is 0.0588. The van der Waals surface area contributed by atoms with Crippen LogP contribution in [0.25, 0.3) is 6.08 Å². The zero-order valence-corrected chi connectivity index (χ0v) is 14.1. The Labute approximate surface area is 160 Å². The van der Waals surface area contributed by atoms with Crippen LogP contribution in [-0.4, -0.2) is 15.8 Å². The summed E-state index contributed by atoms with van der Waals surface area (Å²) in [4.78, 5) is 31.9. The molecule has 2 rings (SSSR count). The first-order valence-electron chi connectivity index (χ1n) is 7.56. The summed E-state index contributed by atoms with van der Waals surface area (Å²) < 4.78 is 39.5. The molecule has 0 aliphatic heterocycles. The molecule has 0 fully saturated rings. The Morgan fingerprint density at radius 1 is 1.03 bits per heavy atom. The van der Waals surface area contributed by atoms with Crippen molar-refractivity contribution in [2.24, 2.45) is 0 Å². The van der Waals surface area contributed by atoms with E-state index >= 15 is 0 Å². The molecule has 9 nitrogen and oxygen atoms in total. The minimum atomic E-state index is -5.00. The van der Waals surface area contributed by atoms with Gasteiger partial charge in [-0.1, -0.05) is 0 Å². The molecule has 0 saturated heterocycles. The van der Waals surface area contributed by atoms with Crippen LogP contribution in [0.2, 0.25) is 0 Å². The van der Waals surface area contributed by atoms with Crippen LogP contribution in [0.5, 0.6) is 0 Å². The zero-order chi connectivity index (χ0) is 21.8. The van der Waals surface area contributed by atoms with Gasteiger partial charge in [0.2, 0.25) is 0 Å². The molecular formula is C17H9F3N4O5. The van der Waals surface area contributed by atoms with Crippen LogP contribution in [0.3, 0.4) is 0 Å². The van der Waals surface area contributed by atoms with Crippen molar-refractivity contribution in [2.45, 2.75) is 6.18 Å². The maximum Gasteiger partial charge on any atom is 0.418 e. The fourth-order valence-electron chi connectivity index (χ4n) is 2.19. The highest BCUT2D eigenvalue weighted by Crippen LogP contribution is 2.37. The summed E-state index contributed by atoms with van der Waals surface area (Å²) in [6, 6.07) is 8.01. The average Bonchev–Trinajstić information content (AvgIpc) is 2.65. The number of anilines is 1. The monoisotopic (exact) mass is 406 g/mol. The number of benzene rings is 2. The highest BCUT2D eigenvalue weighted by molar-refractivity contribution is 6.10. The van der Waals surface area contributed by atoms with Crippen molar-refractivity contribution in [3.8, 4) is 6.07 Å². The fourth-order valence-corrected chi connectivity index (χ4v) is 2.19. The van der Waals surface area contributed by atoms with Crippen LogP contribution in [0.4, 0.5) is 30.2 Å². The maximum absolute atomic E-state index is 13.2. The Morgan fingerprint density at radius 3 is 2.07 bits per heavy atom. The Morgan fingerprint density at radius 2 is 1.59 bits per heavy atom. The van der Waals surface area contributed by atoms with Crippen LogP contribution >= 0.6 is 0 Å². The topological polar surface area (TPSA) is 139 Å². The largest absolute Gasteiger partial charge is 0.418 e. The first kappa shape index (κ1) is 21.0. The van der Waals surface area contributed by atoms with Gasteiger partial charge in [0.15, 0.2) is 0 Å². The van der Waals surface area contributed by atoms with E-state index in [0.717, 1.165) is 24.3 Å².